The lowest BCUT2D eigenvalue weighted by atomic mass is 9.90. The summed E-state index contributed by atoms with van der Waals surface area (Å²) in [6, 6.07) is 12.7. The Morgan fingerprint density at radius 3 is 2.46 bits per heavy atom. The Bertz CT molecular complexity index is 824. The second kappa shape index (κ2) is 9.40. The quantitative estimate of drug-likeness (QED) is 0.762. The zero-order chi connectivity index (χ0) is 19.9. The van der Waals surface area contributed by atoms with Crippen LogP contribution in [0.1, 0.15) is 63.9 Å². The lowest BCUT2D eigenvalue weighted by Crippen LogP contribution is -2.23. The van der Waals surface area contributed by atoms with Gasteiger partial charge in [-0.15, -0.1) is 0 Å². The van der Waals surface area contributed by atoms with E-state index >= 15 is 0 Å². The van der Waals surface area contributed by atoms with Gasteiger partial charge < -0.3 is 15.8 Å². The third kappa shape index (κ3) is 5.35. The molecule has 0 bridgehead atoms. The van der Waals surface area contributed by atoms with E-state index in [9.17, 15) is 9.59 Å². The fraction of sp³-hybridized carbons (Fsp3) is 0.391. The number of carbonyl (C=O) groups is 2. The molecule has 3 rings (SSSR count). The summed E-state index contributed by atoms with van der Waals surface area (Å²) in [5.74, 6) is 0.387. The van der Waals surface area contributed by atoms with Gasteiger partial charge in [0.15, 0.2) is 0 Å². The number of benzene rings is 2. The highest BCUT2D eigenvalue weighted by Gasteiger charge is 2.17. The first-order valence-corrected chi connectivity index (χ1v) is 9.93. The molecule has 0 atom stereocenters. The number of amides is 2. The molecule has 2 aromatic carbocycles. The summed E-state index contributed by atoms with van der Waals surface area (Å²) in [5, 5.41) is 2.87. The number of hydrogen-bond acceptors (Lipinski definition) is 3. The number of carbonyl (C=O) groups excluding carboxylic acids is 2. The van der Waals surface area contributed by atoms with Crippen LogP contribution in [0, 0.1) is 12.8 Å². The van der Waals surface area contributed by atoms with E-state index in [2.05, 4.69) is 5.32 Å². The van der Waals surface area contributed by atoms with Crippen molar-refractivity contribution in [2.75, 3.05) is 6.61 Å². The molecule has 1 aliphatic carbocycles. The third-order valence-electron chi connectivity index (χ3n) is 5.28. The summed E-state index contributed by atoms with van der Waals surface area (Å²) in [7, 11) is 0. The van der Waals surface area contributed by atoms with E-state index in [0.29, 0.717) is 35.9 Å². The van der Waals surface area contributed by atoms with Gasteiger partial charge in [-0.2, -0.15) is 0 Å². The van der Waals surface area contributed by atoms with Crippen molar-refractivity contribution < 1.29 is 14.3 Å². The largest absolute Gasteiger partial charge is 0.492 e. The minimum absolute atomic E-state index is 0.154. The summed E-state index contributed by atoms with van der Waals surface area (Å²) in [4.78, 5) is 24.1. The van der Waals surface area contributed by atoms with Crippen molar-refractivity contribution in [2.45, 2.75) is 45.6 Å². The van der Waals surface area contributed by atoms with Crippen molar-refractivity contribution in [3.63, 3.8) is 0 Å². The van der Waals surface area contributed by atoms with Crippen molar-refractivity contribution in [1.29, 1.82) is 0 Å². The molecular weight excluding hydrogens is 352 g/mol. The smallest absolute Gasteiger partial charge is 0.252 e. The highest BCUT2D eigenvalue weighted by atomic mass is 16.5. The van der Waals surface area contributed by atoms with Gasteiger partial charge >= 0.3 is 0 Å². The summed E-state index contributed by atoms with van der Waals surface area (Å²) < 4.78 is 5.91. The Kier molecular flexibility index (Phi) is 6.69. The highest BCUT2D eigenvalue weighted by Crippen LogP contribution is 2.26. The fourth-order valence-electron chi connectivity index (χ4n) is 3.56. The van der Waals surface area contributed by atoms with Crippen LogP contribution in [0.25, 0.3) is 0 Å². The Morgan fingerprint density at radius 2 is 1.79 bits per heavy atom. The van der Waals surface area contributed by atoms with E-state index < -0.39 is 5.91 Å². The molecular formula is C23H28N2O3. The van der Waals surface area contributed by atoms with Crippen LogP contribution >= 0.6 is 0 Å². The Balaban J connectivity index is 1.62. The predicted octanol–water partition coefficient (Wildman–Crippen LogP) is 3.98. The maximum atomic E-state index is 12.3. The van der Waals surface area contributed by atoms with Gasteiger partial charge in [0.25, 0.3) is 11.8 Å². The molecule has 2 amide bonds. The van der Waals surface area contributed by atoms with E-state index in [-0.39, 0.29) is 5.91 Å². The zero-order valence-electron chi connectivity index (χ0n) is 16.4. The lowest BCUT2D eigenvalue weighted by molar-refractivity contribution is 0.0950. The average Bonchev–Trinajstić information content (AvgIpc) is 2.72. The van der Waals surface area contributed by atoms with E-state index in [1.54, 1.807) is 24.3 Å². The van der Waals surface area contributed by atoms with Crippen molar-refractivity contribution in [3.8, 4) is 5.75 Å². The molecule has 0 aliphatic heterocycles. The van der Waals surface area contributed by atoms with Gasteiger partial charge in [-0.05, 0) is 55.5 Å². The van der Waals surface area contributed by atoms with Gasteiger partial charge in [0.2, 0.25) is 0 Å². The summed E-state index contributed by atoms with van der Waals surface area (Å²) in [6.07, 6.45) is 6.14. The first-order valence-electron chi connectivity index (χ1n) is 9.93. The molecule has 3 N–H and O–H groups in total. The van der Waals surface area contributed by atoms with Gasteiger partial charge in [0.05, 0.1) is 12.2 Å². The van der Waals surface area contributed by atoms with Crippen LogP contribution in [0.3, 0.4) is 0 Å². The molecule has 148 valence electrons. The topological polar surface area (TPSA) is 81.4 Å². The van der Waals surface area contributed by atoms with Crippen LogP contribution in [0.2, 0.25) is 0 Å². The molecule has 5 nitrogen and oxygen atoms in total. The summed E-state index contributed by atoms with van der Waals surface area (Å²) in [5.41, 5.74) is 8.42. The number of rotatable bonds is 7. The zero-order valence-corrected chi connectivity index (χ0v) is 16.4. The number of aryl methyl sites for hydroxylation is 1. The molecule has 28 heavy (non-hydrogen) atoms. The van der Waals surface area contributed by atoms with Crippen LogP contribution in [-0.4, -0.2) is 18.4 Å². The number of nitrogens with one attached hydrogen (secondary N) is 1. The molecule has 0 unspecified atom stereocenters. The summed E-state index contributed by atoms with van der Waals surface area (Å²) in [6.45, 7) is 2.91. The van der Waals surface area contributed by atoms with Gasteiger partial charge in [-0.25, -0.2) is 0 Å². The molecule has 5 heteroatoms. The van der Waals surface area contributed by atoms with Crippen molar-refractivity contribution in [2.24, 2.45) is 11.7 Å². The second-order valence-corrected chi connectivity index (χ2v) is 7.56. The van der Waals surface area contributed by atoms with Crippen LogP contribution < -0.4 is 15.8 Å². The van der Waals surface area contributed by atoms with Crippen LogP contribution in [0.4, 0.5) is 0 Å². The van der Waals surface area contributed by atoms with Gasteiger partial charge in [0, 0.05) is 12.1 Å². The number of primary amides is 1. The number of hydrogen-bond donors (Lipinski definition) is 2. The molecule has 0 spiro atoms. The molecule has 0 aromatic heterocycles. The van der Waals surface area contributed by atoms with Crippen LogP contribution in [-0.2, 0) is 6.54 Å². The monoisotopic (exact) mass is 380 g/mol. The number of ether oxygens (including phenoxy) is 1. The predicted molar refractivity (Wildman–Crippen MR) is 109 cm³/mol. The maximum Gasteiger partial charge on any atom is 0.252 e. The minimum Gasteiger partial charge on any atom is -0.492 e. The molecule has 2 aromatic rings. The normalized spacial score (nSPS) is 14.5. The van der Waals surface area contributed by atoms with Gasteiger partial charge in [0.1, 0.15) is 5.75 Å². The number of nitrogens with two attached hydrogens (primary N) is 1. The minimum atomic E-state index is -0.523. The van der Waals surface area contributed by atoms with E-state index in [1.165, 1.54) is 32.1 Å². The van der Waals surface area contributed by atoms with Crippen LogP contribution in [0.15, 0.2) is 42.5 Å². The maximum absolute atomic E-state index is 12.3. The first-order chi connectivity index (χ1) is 13.5. The van der Waals surface area contributed by atoms with E-state index in [4.69, 9.17) is 10.5 Å². The second-order valence-electron chi connectivity index (χ2n) is 7.56. The van der Waals surface area contributed by atoms with E-state index in [0.717, 1.165) is 11.1 Å². The van der Waals surface area contributed by atoms with Gasteiger partial charge in [-0.3, -0.25) is 9.59 Å². The van der Waals surface area contributed by atoms with Crippen molar-refractivity contribution in [1.82, 2.24) is 5.32 Å². The third-order valence-corrected chi connectivity index (χ3v) is 5.28. The Morgan fingerprint density at radius 1 is 1.07 bits per heavy atom. The Hall–Kier alpha value is -2.82. The standard InChI is InChI=1S/C23H28N2O3/c1-16-7-10-19(11-8-16)23(27)25-14-18-9-12-21(20(13-18)22(24)26)28-15-17-5-3-2-4-6-17/h7-13,17H,2-6,14-15H2,1H3,(H2,24,26)(H,25,27). The highest BCUT2D eigenvalue weighted by molar-refractivity contribution is 5.96. The molecule has 0 heterocycles. The molecule has 1 saturated carbocycles. The summed E-state index contributed by atoms with van der Waals surface area (Å²) >= 11 is 0. The van der Waals surface area contributed by atoms with Crippen molar-refractivity contribution >= 4 is 11.8 Å². The average molecular weight is 380 g/mol. The molecule has 1 fully saturated rings. The first kappa shape index (κ1) is 19.9. The molecule has 1 aliphatic rings. The Labute approximate surface area is 166 Å². The van der Waals surface area contributed by atoms with Crippen LogP contribution in [0.5, 0.6) is 5.75 Å². The van der Waals surface area contributed by atoms with Gasteiger partial charge in [-0.1, -0.05) is 43.0 Å². The van der Waals surface area contributed by atoms with E-state index in [1.807, 2.05) is 25.1 Å². The molecule has 0 radical (unpaired) electrons. The van der Waals surface area contributed by atoms with Crippen molar-refractivity contribution in [3.05, 3.63) is 64.7 Å². The SMILES string of the molecule is Cc1ccc(C(=O)NCc2ccc(OCC3CCCCC3)c(C(N)=O)c2)cc1. The molecule has 0 saturated heterocycles. The lowest BCUT2D eigenvalue weighted by Gasteiger charge is -2.22. The fourth-order valence-corrected chi connectivity index (χ4v) is 3.56.